The Labute approximate surface area is 158 Å². The number of cyclic esters (lactones) is 1. The van der Waals surface area contributed by atoms with Crippen molar-refractivity contribution in [3.05, 3.63) is 5.82 Å². The molecule has 1 amide bonds. The van der Waals surface area contributed by atoms with Gasteiger partial charge in [0.25, 0.3) is 5.91 Å². The lowest BCUT2D eigenvalue weighted by Crippen LogP contribution is -2.45. The van der Waals surface area contributed by atoms with Crippen LogP contribution in [0.4, 0.5) is 0 Å². The van der Waals surface area contributed by atoms with Crippen LogP contribution in [0, 0.1) is 5.41 Å². The van der Waals surface area contributed by atoms with Crippen LogP contribution in [0.2, 0.25) is 0 Å². The van der Waals surface area contributed by atoms with Crippen molar-refractivity contribution in [2.24, 2.45) is 12.5 Å². The fourth-order valence-corrected chi connectivity index (χ4v) is 4.52. The molecular formula is C18H27N5O4. The Balaban J connectivity index is 1.36. The van der Waals surface area contributed by atoms with Gasteiger partial charge in [-0.2, -0.15) is 4.98 Å². The van der Waals surface area contributed by atoms with Crippen LogP contribution in [0.3, 0.4) is 0 Å². The van der Waals surface area contributed by atoms with Gasteiger partial charge in [0, 0.05) is 33.1 Å². The van der Waals surface area contributed by atoms with Gasteiger partial charge in [0.2, 0.25) is 5.82 Å². The Morgan fingerprint density at radius 2 is 1.96 bits per heavy atom. The van der Waals surface area contributed by atoms with E-state index in [4.69, 9.17) is 9.47 Å². The van der Waals surface area contributed by atoms with Crippen molar-refractivity contribution < 1.29 is 19.1 Å². The van der Waals surface area contributed by atoms with Gasteiger partial charge in [-0.1, -0.05) is 0 Å². The first-order valence-corrected chi connectivity index (χ1v) is 9.68. The molecule has 1 spiro atoms. The fraction of sp³-hybridized carbons (Fsp3) is 0.778. The van der Waals surface area contributed by atoms with E-state index in [2.05, 4.69) is 15.0 Å². The first-order valence-electron chi connectivity index (χ1n) is 9.68. The van der Waals surface area contributed by atoms with Gasteiger partial charge in [0.15, 0.2) is 0 Å². The van der Waals surface area contributed by atoms with Crippen LogP contribution in [-0.2, 0) is 16.6 Å². The molecule has 1 aromatic heterocycles. The SMILES string of the molecule is COc1nc(C(=O)N2CCC3(CC2)CC(CN2CCCC2)OC3=O)nn1C. The minimum Gasteiger partial charge on any atom is -0.467 e. The molecule has 0 saturated carbocycles. The molecule has 4 heterocycles. The summed E-state index contributed by atoms with van der Waals surface area (Å²) in [6, 6.07) is 0.302. The average molecular weight is 377 g/mol. The lowest BCUT2D eigenvalue weighted by Gasteiger charge is -2.36. The van der Waals surface area contributed by atoms with Gasteiger partial charge < -0.3 is 14.4 Å². The molecule has 1 aromatic rings. The summed E-state index contributed by atoms with van der Waals surface area (Å²) in [7, 11) is 3.18. The highest BCUT2D eigenvalue weighted by atomic mass is 16.6. The lowest BCUT2D eigenvalue weighted by molar-refractivity contribution is -0.150. The first kappa shape index (κ1) is 18.2. The molecule has 0 N–H and O–H groups in total. The number of methoxy groups -OCH3 is 1. The summed E-state index contributed by atoms with van der Waals surface area (Å²) in [6.45, 7) is 4.08. The van der Waals surface area contributed by atoms with Crippen molar-refractivity contribution >= 4 is 11.9 Å². The van der Waals surface area contributed by atoms with E-state index in [1.54, 1.807) is 11.9 Å². The maximum atomic E-state index is 12.7. The lowest BCUT2D eigenvalue weighted by atomic mass is 9.76. The number of rotatable bonds is 4. The number of aromatic nitrogens is 3. The summed E-state index contributed by atoms with van der Waals surface area (Å²) in [5.41, 5.74) is -0.434. The van der Waals surface area contributed by atoms with E-state index in [9.17, 15) is 9.59 Å². The van der Waals surface area contributed by atoms with Crippen LogP contribution in [0.1, 0.15) is 42.7 Å². The molecule has 1 unspecified atom stereocenters. The van der Waals surface area contributed by atoms with E-state index in [0.29, 0.717) is 31.9 Å². The predicted molar refractivity (Wildman–Crippen MR) is 95.3 cm³/mol. The number of piperidine rings is 1. The summed E-state index contributed by atoms with van der Waals surface area (Å²) < 4.78 is 12.2. The molecule has 1 atom stereocenters. The maximum Gasteiger partial charge on any atom is 0.314 e. The Morgan fingerprint density at radius 3 is 2.59 bits per heavy atom. The Morgan fingerprint density at radius 1 is 1.26 bits per heavy atom. The molecular weight excluding hydrogens is 350 g/mol. The van der Waals surface area contributed by atoms with Crippen molar-refractivity contribution in [1.82, 2.24) is 24.6 Å². The number of carbonyl (C=O) groups is 2. The van der Waals surface area contributed by atoms with Crippen molar-refractivity contribution in [3.8, 4) is 6.01 Å². The number of ether oxygens (including phenoxy) is 2. The van der Waals surface area contributed by atoms with Crippen LogP contribution in [0.25, 0.3) is 0 Å². The molecule has 9 nitrogen and oxygen atoms in total. The second kappa shape index (κ2) is 7.10. The summed E-state index contributed by atoms with van der Waals surface area (Å²) in [6.07, 6.45) is 4.49. The highest BCUT2D eigenvalue weighted by Crippen LogP contribution is 2.43. The van der Waals surface area contributed by atoms with E-state index in [-0.39, 0.29) is 23.8 Å². The van der Waals surface area contributed by atoms with Gasteiger partial charge in [-0.3, -0.25) is 14.5 Å². The largest absolute Gasteiger partial charge is 0.467 e. The molecule has 27 heavy (non-hydrogen) atoms. The van der Waals surface area contributed by atoms with E-state index in [1.807, 2.05) is 0 Å². The molecule has 4 rings (SSSR count). The van der Waals surface area contributed by atoms with E-state index in [0.717, 1.165) is 26.1 Å². The normalized spacial score (nSPS) is 25.2. The molecule has 3 aliphatic rings. The van der Waals surface area contributed by atoms with Gasteiger partial charge in [0.05, 0.1) is 12.5 Å². The fourth-order valence-electron chi connectivity index (χ4n) is 4.52. The topological polar surface area (TPSA) is 89.8 Å². The third-order valence-corrected chi connectivity index (χ3v) is 6.09. The number of hydrogen-bond donors (Lipinski definition) is 0. The van der Waals surface area contributed by atoms with Crippen molar-refractivity contribution in [1.29, 1.82) is 0 Å². The van der Waals surface area contributed by atoms with Gasteiger partial charge in [-0.25, -0.2) is 4.68 Å². The Hall–Kier alpha value is -2.16. The van der Waals surface area contributed by atoms with Crippen molar-refractivity contribution in [2.45, 2.75) is 38.2 Å². The van der Waals surface area contributed by atoms with Crippen LogP contribution < -0.4 is 4.74 Å². The van der Waals surface area contributed by atoms with Gasteiger partial charge in [-0.15, -0.1) is 5.10 Å². The number of esters is 1. The zero-order chi connectivity index (χ0) is 19.0. The number of aryl methyl sites for hydroxylation is 1. The Bertz CT molecular complexity index is 719. The van der Waals surface area contributed by atoms with E-state index >= 15 is 0 Å². The zero-order valence-corrected chi connectivity index (χ0v) is 16.0. The molecule has 0 aromatic carbocycles. The average Bonchev–Trinajstić information content (AvgIpc) is 3.36. The van der Waals surface area contributed by atoms with Crippen molar-refractivity contribution in [3.63, 3.8) is 0 Å². The van der Waals surface area contributed by atoms with Gasteiger partial charge >= 0.3 is 12.0 Å². The van der Waals surface area contributed by atoms with Gasteiger partial charge in [-0.05, 0) is 38.8 Å². The number of likely N-dealkylation sites (tertiary alicyclic amines) is 2. The standard InChI is InChI=1S/C18H27N5O4/c1-21-17(26-2)19-14(20-21)15(24)23-9-5-18(6-10-23)11-13(27-16(18)25)12-22-7-3-4-8-22/h13H,3-12H2,1-2H3. The van der Waals surface area contributed by atoms with Crippen LogP contribution in [0.5, 0.6) is 6.01 Å². The molecule has 3 aliphatic heterocycles. The Kier molecular flexibility index (Phi) is 4.79. The molecule has 9 heteroatoms. The molecule has 148 valence electrons. The number of carbonyl (C=O) groups excluding carboxylic acids is 2. The van der Waals surface area contributed by atoms with Crippen molar-refractivity contribution in [2.75, 3.05) is 39.8 Å². The number of amides is 1. The first-order chi connectivity index (χ1) is 13.0. The summed E-state index contributed by atoms with van der Waals surface area (Å²) in [4.78, 5) is 33.5. The second-order valence-corrected chi connectivity index (χ2v) is 7.86. The molecule has 0 aliphatic carbocycles. The highest BCUT2D eigenvalue weighted by Gasteiger charge is 2.51. The van der Waals surface area contributed by atoms with Crippen LogP contribution >= 0.6 is 0 Å². The summed E-state index contributed by atoms with van der Waals surface area (Å²) >= 11 is 0. The maximum absolute atomic E-state index is 12.7. The molecule has 0 radical (unpaired) electrons. The highest BCUT2D eigenvalue weighted by molar-refractivity contribution is 5.91. The minimum atomic E-state index is -0.434. The molecule has 0 bridgehead atoms. The minimum absolute atomic E-state index is 0.0143. The number of nitrogens with zero attached hydrogens (tertiary/aromatic N) is 5. The summed E-state index contributed by atoms with van der Waals surface area (Å²) in [5.74, 6) is -0.175. The molecule has 3 fully saturated rings. The van der Waals surface area contributed by atoms with E-state index in [1.165, 1.54) is 24.6 Å². The zero-order valence-electron chi connectivity index (χ0n) is 16.0. The van der Waals surface area contributed by atoms with Crippen LogP contribution in [-0.4, -0.2) is 82.4 Å². The molecule has 3 saturated heterocycles. The van der Waals surface area contributed by atoms with E-state index < -0.39 is 5.41 Å². The smallest absolute Gasteiger partial charge is 0.314 e. The monoisotopic (exact) mass is 377 g/mol. The van der Waals surface area contributed by atoms with Gasteiger partial charge in [0.1, 0.15) is 6.10 Å². The predicted octanol–water partition coefficient (Wildman–Crippen LogP) is 0.457. The third kappa shape index (κ3) is 3.40. The van der Waals surface area contributed by atoms with Crippen LogP contribution in [0.15, 0.2) is 0 Å². The quantitative estimate of drug-likeness (QED) is 0.704. The third-order valence-electron chi connectivity index (χ3n) is 6.09. The number of hydrogen-bond acceptors (Lipinski definition) is 7. The second-order valence-electron chi connectivity index (χ2n) is 7.86. The summed E-state index contributed by atoms with van der Waals surface area (Å²) in [5, 5.41) is 4.12.